The molecule has 1 saturated heterocycles. The van der Waals surface area contributed by atoms with E-state index >= 15 is 0 Å². The molecule has 3 heterocycles. The Morgan fingerprint density at radius 2 is 2.17 bits per heavy atom. The molecule has 0 aromatic carbocycles. The van der Waals surface area contributed by atoms with Crippen LogP contribution in [0.1, 0.15) is 38.4 Å². The lowest BCUT2D eigenvalue weighted by Crippen LogP contribution is -2.57. The van der Waals surface area contributed by atoms with E-state index in [1.165, 1.54) is 12.3 Å². The van der Waals surface area contributed by atoms with Crippen molar-refractivity contribution >= 4 is 11.7 Å². The van der Waals surface area contributed by atoms with Crippen LogP contribution in [0.5, 0.6) is 0 Å². The number of amides is 1. The van der Waals surface area contributed by atoms with Crippen LogP contribution in [0.4, 0.5) is 9.18 Å². The zero-order chi connectivity index (χ0) is 17.5. The van der Waals surface area contributed by atoms with Crippen LogP contribution in [-0.4, -0.2) is 46.9 Å². The summed E-state index contributed by atoms with van der Waals surface area (Å²) in [5, 5.41) is 0. The fourth-order valence-electron chi connectivity index (χ4n) is 3.25. The van der Waals surface area contributed by atoms with Gasteiger partial charge in [0.25, 0.3) is 0 Å². The van der Waals surface area contributed by atoms with Crippen molar-refractivity contribution in [1.29, 1.82) is 0 Å². The summed E-state index contributed by atoms with van der Waals surface area (Å²) in [4.78, 5) is 18.5. The number of nitrogens with zero attached hydrogens (tertiary/aromatic N) is 2. The largest absolute Gasteiger partial charge is 0.444 e. The van der Waals surface area contributed by atoms with Crippen molar-refractivity contribution in [2.45, 2.75) is 51.8 Å². The number of aromatic nitrogens is 1. The maximum absolute atomic E-state index is 13.3. The lowest BCUT2D eigenvalue weighted by Gasteiger charge is -2.44. The lowest BCUT2D eigenvalue weighted by atomic mass is 9.91. The second-order valence-corrected chi connectivity index (χ2v) is 7.36. The Balaban J connectivity index is 1.88. The Morgan fingerprint density at radius 1 is 1.42 bits per heavy atom. The normalized spacial score (nSPS) is 23.7. The lowest BCUT2D eigenvalue weighted by molar-refractivity contribution is -0.0511. The highest BCUT2D eigenvalue weighted by Gasteiger charge is 2.40. The third kappa shape index (κ3) is 3.43. The van der Waals surface area contributed by atoms with Crippen molar-refractivity contribution in [3.8, 4) is 0 Å². The van der Waals surface area contributed by atoms with E-state index in [9.17, 15) is 9.18 Å². The fraction of sp³-hybridized carbons (Fsp3) is 0.556. The molecule has 1 fully saturated rings. The molecule has 2 aliphatic heterocycles. The number of hydrogen-bond acceptors (Lipinski definition) is 4. The van der Waals surface area contributed by atoms with Gasteiger partial charge in [-0.1, -0.05) is 6.08 Å². The molecule has 6 heteroatoms. The maximum atomic E-state index is 13.3. The number of fused-ring (bicyclic) bond motifs is 2. The monoisotopic (exact) mass is 334 g/mol. The minimum absolute atomic E-state index is 0.0927. The standard InChI is InChI=1S/C18H23FN2O3/c1-11-5-13(19)8-20-16(11)12-6-14-9-23-10-15(7-12)21(14)17(22)24-18(2,3)4/h5-6,8,14-15H,7,9-10H2,1-4H3. The summed E-state index contributed by atoms with van der Waals surface area (Å²) >= 11 is 0. The minimum Gasteiger partial charge on any atom is -0.444 e. The van der Waals surface area contributed by atoms with E-state index in [2.05, 4.69) is 4.98 Å². The van der Waals surface area contributed by atoms with Crippen LogP contribution < -0.4 is 0 Å². The van der Waals surface area contributed by atoms with Gasteiger partial charge in [0.15, 0.2) is 0 Å². The highest BCUT2D eigenvalue weighted by Crippen LogP contribution is 2.34. The van der Waals surface area contributed by atoms with Gasteiger partial charge in [0.05, 0.1) is 37.2 Å². The van der Waals surface area contributed by atoms with Crippen molar-refractivity contribution in [2.24, 2.45) is 0 Å². The molecule has 0 aliphatic carbocycles. The Kier molecular flexibility index (Phi) is 4.34. The summed E-state index contributed by atoms with van der Waals surface area (Å²) in [6.07, 6.45) is 3.53. The Hall–Kier alpha value is -1.95. The molecule has 2 bridgehead atoms. The molecule has 0 radical (unpaired) electrons. The smallest absolute Gasteiger partial charge is 0.411 e. The first-order chi connectivity index (χ1) is 11.2. The molecule has 1 aromatic rings. The predicted molar refractivity (Wildman–Crippen MR) is 88.0 cm³/mol. The molecule has 0 N–H and O–H groups in total. The third-order valence-corrected chi connectivity index (χ3v) is 4.15. The molecule has 1 amide bonds. The fourth-order valence-corrected chi connectivity index (χ4v) is 3.25. The second kappa shape index (κ2) is 6.16. The van der Waals surface area contributed by atoms with Crippen LogP contribution in [-0.2, 0) is 9.47 Å². The van der Waals surface area contributed by atoms with Gasteiger partial charge in [-0.25, -0.2) is 9.18 Å². The van der Waals surface area contributed by atoms with Crippen LogP contribution in [0, 0.1) is 12.7 Å². The second-order valence-electron chi connectivity index (χ2n) is 7.36. The number of aryl methyl sites for hydroxylation is 1. The predicted octanol–water partition coefficient (Wildman–Crippen LogP) is 3.32. The van der Waals surface area contributed by atoms with Crippen LogP contribution in [0.3, 0.4) is 0 Å². The number of pyridine rings is 1. The summed E-state index contributed by atoms with van der Waals surface area (Å²) in [6.45, 7) is 8.31. The van der Waals surface area contributed by atoms with Crippen LogP contribution in [0.15, 0.2) is 18.3 Å². The molecule has 1 aromatic heterocycles. The van der Waals surface area contributed by atoms with E-state index in [0.29, 0.717) is 19.6 Å². The van der Waals surface area contributed by atoms with Crippen molar-refractivity contribution in [1.82, 2.24) is 9.88 Å². The Bertz CT molecular complexity index is 681. The Morgan fingerprint density at radius 3 is 2.79 bits per heavy atom. The molecular formula is C18H23FN2O3. The first kappa shape index (κ1) is 16.9. The van der Waals surface area contributed by atoms with Crippen molar-refractivity contribution < 1.29 is 18.7 Å². The zero-order valence-corrected chi connectivity index (χ0v) is 14.5. The third-order valence-electron chi connectivity index (χ3n) is 4.15. The number of carbonyl (C=O) groups excluding carboxylic acids is 1. The van der Waals surface area contributed by atoms with Gasteiger partial charge in [0.2, 0.25) is 0 Å². The topological polar surface area (TPSA) is 51.7 Å². The quantitative estimate of drug-likeness (QED) is 0.790. The molecule has 5 nitrogen and oxygen atoms in total. The van der Waals surface area contributed by atoms with Gasteiger partial charge in [0.1, 0.15) is 11.4 Å². The van der Waals surface area contributed by atoms with Crippen molar-refractivity contribution in [3.05, 3.63) is 35.4 Å². The van der Waals surface area contributed by atoms with E-state index < -0.39 is 5.60 Å². The zero-order valence-electron chi connectivity index (χ0n) is 14.5. The average molecular weight is 334 g/mol. The van der Waals surface area contributed by atoms with Gasteiger partial charge in [-0.15, -0.1) is 0 Å². The molecule has 130 valence electrons. The summed E-state index contributed by atoms with van der Waals surface area (Å²) in [5.74, 6) is -0.341. The van der Waals surface area contributed by atoms with Crippen molar-refractivity contribution in [3.63, 3.8) is 0 Å². The van der Waals surface area contributed by atoms with Gasteiger partial charge >= 0.3 is 6.09 Å². The number of hydrogen-bond donors (Lipinski definition) is 0. The summed E-state index contributed by atoms with van der Waals surface area (Å²) in [6, 6.07) is 1.20. The molecule has 0 spiro atoms. The molecule has 24 heavy (non-hydrogen) atoms. The SMILES string of the molecule is Cc1cc(F)cnc1C1=CC2COCC(C1)N2C(=O)OC(C)(C)C. The molecule has 0 saturated carbocycles. The van der Waals surface area contributed by atoms with E-state index in [1.54, 1.807) is 4.90 Å². The first-order valence-electron chi connectivity index (χ1n) is 8.17. The van der Waals surface area contributed by atoms with Gasteiger partial charge in [0, 0.05) is 0 Å². The van der Waals surface area contributed by atoms with Gasteiger partial charge in [-0.2, -0.15) is 0 Å². The summed E-state index contributed by atoms with van der Waals surface area (Å²) in [5.41, 5.74) is 2.08. The number of ether oxygens (including phenoxy) is 2. The van der Waals surface area contributed by atoms with Crippen LogP contribution in [0.25, 0.3) is 5.57 Å². The minimum atomic E-state index is -0.536. The molecular weight excluding hydrogens is 311 g/mol. The van der Waals surface area contributed by atoms with Gasteiger partial charge < -0.3 is 9.47 Å². The number of rotatable bonds is 1. The van der Waals surface area contributed by atoms with E-state index in [4.69, 9.17) is 9.47 Å². The van der Waals surface area contributed by atoms with Crippen LogP contribution >= 0.6 is 0 Å². The number of halogens is 1. The van der Waals surface area contributed by atoms with E-state index in [-0.39, 0.29) is 24.0 Å². The van der Waals surface area contributed by atoms with Gasteiger partial charge in [-0.3, -0.25) is 9.88 Å². The summed E-state index contributed by atoms with van der Waals surface area (Å²) < 4.78 is 24.4. The number of carbonyl (C=O) groups is 1. The van der Waals surface area contributed by atoms with E-state index in [0.717, 1.165) is 16.8 Å². The maximum Gasteiger partial charge on any atom is 0.411 e. The van der Waals surface area contributed by atoms with Gasteiger partial charge in [-0.05, 0) is 51.3 Å². The molecule has 2 atom stereocenters. The highest BCUT2D eigenvalue weighted by molar-refractivity contribution is 5.74. The number of morpholine rings is 1. The van der Waals surface area contributed by atoms with Crippen molar-refractivity contribution in [2.75, 3.05) is 13.2 Å². The first-order valence-corrected chi connectivity index (χ1v) is 8.17. The van der Waals surface area contributed by atoms with E-state index in [1.807, 2.05) is 33.8 Å². The highest BCUT2D eigenvalue weighted by atomic mass is 19.1. The molecule has 2 unspecified atom stereocenters. The summed E-state index contributed by atoms with van der Waals surface area (Å²) in [7, 11) is 0. The Labute approximate surface area is 141 Å². The molecule has 3 rings (SSSR count). The average Bonchev–Trinajstić information content (AvgIpc) is 2.44. The van der Waals surface area contributed by atoms with Crippen LogP contribution in [0.2, 0.25) is 0 Å². The molecule has 2 aliphatic rings.